The van der Waals surface area contributed by atoms with Crippen molar-refractivity contribution in [1.29, 1.82) is 0 Å². The quantitative estimate of drug-likeness (QED) is 0.550. The molecular formula is C22H16O4. The molecular weight excluding hydrogens is 328 g/mol. The van der Waals surface area contributed by atoms with Gasteiger partial charge in [-0.3, -0.25) is 4.79 Å². The highest BCUT2D eigenvalue weighted by atomic mass is 16.5. The largest absolute Gasteiger partial charge is 0.508 e. The zero-order chi connectivity index (χ0) is 18.1. The molecule has 0 saturated carbocycles. The molecule has 0 bridgehead atoms. The van der Waals surface area contributed by atoms with Crippen LogP contribution in [0.3, 0.4) is 0 Å². The Balaban J connectivity index is 1.84. The topological polar surface area (TPSA) is 59.7 Å². The van der Waals surface area contributed by atoms with Gasteiger partial charge >= 0.3 is 0 Å². The zero-order valence-electron chi connectivity index (χ0n) is 14.1. The third-order valence-corrected chi connectivity index (χ3v) is 4.18. The summed E-state index contributed by atoms with van der Waals surface area (Å²) in [4.78, 5) is 12.8. The van der Waals surface area contributed by atoms with Crippen molar-refractivity contribution in [2.24, 2.45) is 0 Å². The number of phenolic OH excluding ortho intramolecular Hbond substituents is 1. The molecule has 4 aromatic rings. The van der Waals surface area contributed by atoms with E-state index in [4.69, 9.17) is 9.15 Å². The van der Waals surface area contributed by atoms with Gasteiger partial charge in [0.05, 0.1) is 5.39 Å². The number of aromatic hydroxyl groups is 1. The molecule has 1 N–H and O–H groups in total. The molecule has 4 heteroatoms. The molecule has 1 aromatic heterocycles. The summed E-state index contributed by atoms with van der Waals surface area (Å²) in [5, 5.41) is 9.95. The Morgan fingerprint density at radius 3 is 2.46 bits per heavy atom. The minimum absolute atomic E-state index is 0.0446. The van der Waals surface area contributed by atoms with Gasteiger partial charge in [0.15, 0.2) is 0 Å². The van der Waals surface area contributed by atoms with Crippen LogP contribution < -0.4 is 10.2 Å². The molecule has 0 amide bonds. The summed E-state index contributed by atoms with van der Waals surface area (Å²) in [6.07, 6.45) is 0. The highest BCUT2D eigenvalue weighted by Gasteiger charge is 2.16. The fraction of sp³-hybridized carbons (Fsp3) is 0.0455. The number of phenols is 1. The van der Waals surface area contributed by atoms with E-state index < -0.39 is 0 Å². The van der Waals surface area contributed by atoms with Crippen LogP contribution in [0.2, 0.25) is 0 Å². The first-order valence-corrected chi connectivity index (χ1v) is 8.22. The average molecular weight is 344 g/mol. The molecule has 26 heavy (non-hydrogen) atoms. The van der Waals surface area contributed by atoms with Gasteiger partial charge in [0.1, 0.15) is 22.8 Å². The van der Waals surface area contributed by atoms with Crippen molar-refractivity contribution < 1.29 is 14.3 Å². The maximum absolute atomic E-state index is 12.8. The van der Waals surface area contributed by atoms with Gasteiger partial charge in [-0.05, 0) is 30.7 Å². The summed E-state index contributed by atoms with van der Waals surface area (Å²) in [6.45, 7) is 1.67. The van der Waals surface area contributed by atoms with E-state index in [1.54, 1.807) is 6.92 Å². The lowest BCUT2D eigenvalue weighted by atomic mass is 10.0. The summed E-state index contributed by atoms with van der Waals surface area (Å²) < 4.78 is 11.7. The van der Waals surface area contributed by atoms with Gasteiger partial charge in [-0.1, -0.05) is 48.5 Å². The molecule has 0 aliphatic rings. The Labute approximate surface area is 149 Å². The number of hydrogen-bond acceptors (Lipinski definition) is 4. The number of para-hydroxylation sites is 1. The minimum atomic E-state index is -0.272. The molecule has 0 unspecified atom stereocenters. The van der Waals surface area contributed by atoms with Crippen molar-refractivity contribution in [1.82, 2.24) is 0 Å². The number of aryl methyl sites for hydroxylation is 1. The molecule has 3 aromatic carbocycles. The van der Waals surface area contributed by atoms with E-state index in [2.05, 4.69) is 0 Å². The van der Waals surface area contributed by atoms with Crippen LogP contribution in [-0.4, -0.2) is 5.11 Å². The second-order valence-electron chi connectivity index (χ2n) is 5.96. The van der Waals surface area contributed by atoms with Gasteiger partial charge in [-0.25, -0.2) is 0 Å². The highest BCUT2D eigenvalue weighted by molar-refractivity contribution is 5.80. The van der Waals surface area contributed by atoms with Gasteiger partial charge in [0.25, 0.3) is 0 Å². The first-order chi connectivity index (χ1) is 12.6. The Bertz CT molecular complexity index is 1140. The van der Waals surface area contributed by atoms with Crippen molar-refractivity contribution in [3.05, 3.63) is 88.8 Å². The molecule has 4 nitrogen and oxygen atoms in total. The number of rotatable bonds is 3. The molecule has 0 aliphatic heterocycles. The van der Waals surface area contributed by atoms with Crippen molar-refractivity contribution in [3.63, 3.8) is 0 Å². The lowest BCUT2D eigenvalue weighted by molar-refractivity contribution is 0.436. The van der Waals surface area contributed by atoms with E-state index in [-0.39, 0.29) is 16.9 Å². The van der Waals surface area contributed by atoms with Crippen LogP contribution in [0.1, 0.15) is 5.76 Å². The summed E-state index contributed by atoms with van der Waals surface area (Å²) >= 11 is 0. The molecule has 128 valence electrons. The summed E-state index contributed by atoms with van der Waals surface area (Å²) in [6, 6.07) is 21.8. The van der Waals surface area contributed by atoms with Crippen LogP contribution in [-0.2, 0) is 0 Å². The average Bonchev–Trinajstić information content (AvgIpc) is 2.66. The van der Waals surface area contributed by atoms with Crippen molar-refractivity contribution in [2.45, 2.75) is 6.92 Å². The second-order valence-corrected chi connectivity index (χ2v) is 5.96. The van der Waals surface area contributed by atoms with Crippen LogP contribution in [0.25, 0.3) is 22.1 Å². The Morgan fingerprint density at radius 1 is 0.923 bits per heavy atom. The summed E-state index contributed by atoms with van der Waals surface area (Å²) in [5.74, 6) is 1.12. The number of fused-ring (bicyclic) bond motifs is 1. The third-order valence-electron chi connectivity index (χ3n) is 4.18. The predicted molar refractivity (Wildman–Crippen MR) is 101 cm³/mol. The summed E-state index contributed by atoms with van der Waals surface area (Å²) in [5.41, 5.74) is 1.94. The molecule has 0 radical (unpaired) electrons. The third kappa shape index (κ3) is 2.82. The van der Waals surface area contributed by atoms with E-state index in [0.717, 1.165) is 11.1 Å². The van der Waals surface area contributed by atoms with Crippen LogP contribution in [0.15, 0.2) is 82.0 Å². The first kappa shape index (κ1) is 16.0. The van der Waals surface area contributed by atoms with Gasteiger partial charge in [-0.15, -0.1) is 0 Å². The number of ether oxygens (including phenoxy) is 1. The minimum Gasteiger partial charge on any atom is -0.508 e. The molecule has 1 heterocycles. The second kappa shape index (κ2) is 6.41. The Morgan fingerprint density at radius 2 is 1.65 bits per heavy atom. The zero-order valence-corrected chi connectivity index (χ0v) is 14.1. The summed E-state index contributed by atoms with van der Waals surface area (Å²) in [7, 11) is 0. The van der Waals surface area contributed by atoms with E-state index in [0.29, 0.717) is 22.5 Å². The van der Waals surface area contributed by atoms with Crippen molar-refractivity contribution in [3.8, 4) is 28.4 Å². The van der Waals surface area contributed by atoms with Crippen LogP contribution >= 0.6 is 0 Å². The van der Waals surface area contributed by atoms with E-state index in [1.165, 1.54) is 18.2 Å². The van der Waals surface area contributed by atoms with E-state index >= 15 is 0 Å². The SMILES string of the molecule is Cc1oc2cc(O)ccc2c(=O)c1Oc1ccccc1-c1ccccc1. The molecule has 0 aliphatic carbocycles. The van der Waals surface area contributed by atoms with Crippen LogP contribution in [0.5, 0.6) is 17.2 Å². The Kier molecular flexibility index (Phi) is 3.93. The molecule has 0 atom stereocenters. The smallest absolute Gasteiger partial charge is 0.235 e. The van der Waals surface area contributed by atoms with Crippen molar-refractivity contribution in [2.75, 3.05) is 0 Å². The Hall–Kier alpha value is -3.53. The van der Waals surface area contributed by atoms with Gasteiger partial charge < -0.3 is 14.3 Å². The lowest BCUT2D eigenvalue weighted by Gasteiger charge is -2.12. The lowest BCUT2D eigenvalue weighted by Crippen LogP contribution is -2.07. The maximum atomic E-state index is 12.8. The van der Waals surface area contributed by atoms with Gasteiger partial charge in [-0.2, -0.15) is 0 Å². The number of benzene rings is 3. The van der Waals surface area contributed by atoms with Crippen LogP contribution in [0.4, 0.5) is 0 Å². The van der Waals surface area contributed by atoms with Crippen molar-refractivity contribution >= 4 is 11.0 Å². The maximum Gasteiger partial charge on any atom is 0.235 e. The van der Waals surface area contributed by atoms with Gasteiger partial charge in [0, 0.05) is 11.6 Å². The first-order valence-electron chi connectivity index (χ1n) is 8.22. The normalized spacial score (nSPS) is 10.8. The molecule has 4 rings (SSSR count). The van der Waals surface area contributed by atoms with E-state index in [9.17, 15) is 9.90 Å². The standard InChI is InChI=1S/C22H16O4/c1-14-22(21(24)18-12-11-16(23)13-20(18)25-14)26-19-10-6-5-9-17(19)15-7-3-2-4-8-15/h2-13,23H,1H3. The molecule has 0 spiro atoms. The fourth-order valence-electron chi connectivity index (χ4n) is 2.92. The van der Waals surface area contributed by atoms with E-state index in [1.807, 2.05) is 54.6 Å². The molecule has 0 saturated heterocycles. The van der Waals surface area contributed by atoms with Gasteiger partial charge in [0.2, 0.25) is 11.2 Å². The van der Waals surface area contributed by atoms with Crippen LogP contribution in [0, 0.1) is 6.92 Å². The predicted octanol–water partition coefficient (Wildman–Crippen LogP) is 5.27. The highest BCUT2D eigenvalue weighted by Crippen LogP contribution is 2.34. The molecule has 0 fully saturated rings. The fourth-order valence-corrected chi connectivity index (χ4v) is 2.92. The monoisotopic (exact) mass is 344 g/mol. The number of hydrogen-bond donors (Lipinski definition) is 1.